The van der Waals surface area contributed by atoms with Crippen LogP contribution < -0.4 is 10.2 Å². The molecule has 2 N–H and O–H groups in total. The molecule has 4 rings (SSSR count). The highest BCUT2D eigenvalue weighted by molar-refractivity contribution is 5.67. The predicted molar refractivity (Wildman–Crippen MR) is 117 cm³/mol. The maximum absolute atomic E-state index is 10.5. The average Bonchev–Trinajstić information content (AvgIpc) is 3.11. The maximum atomic E-state index is 10.5. The zero-order valence-electron chi connectivity index (χ0n) is 18.8. The summed E-state index contributed by atoms with van der Waals surface area (Å²) >= 11 is 0. The van der Waals surface area contributed by atoms with Gasteiger partial charge >= 0.3 is 0 Å². The summed E-state index contributed by atoms with van der Waals surface area (Å²) in [6.45, 7) is 10.6. The zero-order chi connectivity index (χ0) is 22.4. The van der Waals surface area contributed by atoms with Gasteiger partial charge in [-0.15, -0.1) is 25.2 Å². The van der Waals surface area contributed by atoms with Crippen molar-refractivity contribution in [2.75, 3.05) is 11.9 Å². The minimum Gasteiger partial charge on any atom is -0.507 e. The summed E-state index contributed by atoms with van der Waals surface area (Å²) in [7, 11) is 2.01. The Kier molecular flexibility index (Phi) is 5.12. The number of nitrogens with one attached hydrogen (secondary N) is 1. The van der Waals surface area contributed by atoms with Crippen LogP contribution in [0.2, 0.25) is 0 Å². The molecule has 0 bridgehead atoms. The lowest BCUT2D eigenvalue weighted by atomic mass is 9.79. The van der Waals surface area contributed by atoms with Crippen LogP contribution in [0, 0.1) is 6.92 Å². The minimum atomic E-state index is 0.0269. The average molecular weight is 424 g/mol. The largest absolute Gasteiger partial charge is 0.507 e. The lowest BCUT2D eigenvalue weighted by Gasteiger charge is -2.48. The van der Waals surface area contributed by atoms with E-state index in [0.717, 1.165) is 12.8 Å². The van der Waals surface area contributed by atoms with Gasteiger partial charge in [-0.1, -0.05) is 0 Å². The topological polar surface area (TPSA) is 118 Å². The van der Waals surface area contributed by atoms with Crippen molar-refractivity contribution in [3.8, 4) is 22.7 Å². The molecule has 1 aliphatic heterocycles. The fraction of sp³-hybridized carbons (Fsp3) is 0.524. The van der Waals surface area contributed by atoms with Gasteiger partial charge in [0.2, 0.25) is 5.95 Å². The van der Waals surface area contributed by atoms with E-state index in [2.05, 4.69) is 68.5 Å². The number of aryl methyl sites for hydroxylation is 1. The Balaban J connectivity index is 1.54. The van der Waals surface area contributed by atoms with Crippen LogP contribution in [0.15, 0.2) is 24.4 Å². The monoisotopic (exact) mass is 423 g/mol. The van der Waals surface area contributed by atoms with E-state index in [-0.39, 0.29) is 16.8 Å². The smallest absolute Gasteiger partial charge is 0.245 e. The Morgan fingerprint density at radius 2 is 1.81 bits per heavy atom. The molecule has 0 atom stereocenters. The lowest BCUT2D eigenvalue weighted by molar-refractivity contribution is 0.160. The fourth-order valence-electron chi connectivity index (χ4n) is 4.51. The molecule has 164 valence electrons. The SMILES string of the molecule is Cc1nnn(-c2ccc(-c3cnc(N(C)C4CC(C)(C)NC(C)(C)C4)nn3)c(O)c2)n1. The number of hydrogen-bond acceptors (Lipinski definition) is 9. The Morgan fingerprint density at radius 3 is 2.35 bits per heavy atom. The number of aromatic hydroxyl groups is 1. The van der Waals surface area contributed by atoms with Crippen molar-refractivity contribution in [2.45, 2.75) is 64.6 Å². The maximum Gasteiger partial charge on any atom is 0.245 e. The molecule has 0 amide bonds. The third-order valence-electron chi connectivity index (χ3n) is 5.58. The summed E-state index contributed by atoms with van der Waals surface area (Å²) in [6.07, 6.45) is 3.61. The Morgan fingerprint density at radius 1 is 1.10 bits per heavy atom. The van der Waals surface area contributed by atoms with Crippen molar-refractivity contribution < 1.29 is 5.11 Å². The van der Waals surface area contributed by atoms with E-state index in [4.69, 9.17) is 0 Å². The summed E-state index contributed by atoms with van der Waals surface area (Å²) in [5, 5.41) is 34.8. The van der Waals surface area contributed by atoms with E-state index in [9.17, 15) is 5.11 Å². The normalized spacial score (nSPS) is 18.1. The molecular formula is C21H29N9O. The van der Waals surface area contributed by atoms with E-state index >= 15 is 0 Å². The summed E-state index contributed by atoms with van der Waals surface area (Å²) < 4.78 is 0. The molecule has 2 aromatic heterocycles. The van der Waals surface area contributed by atoms with Crippen LogP contribution in [0.3, 0.4) is 0 Å². The lowest BCUT2D eigenvalue weighted by Crippen LogP contribution is -2.62. The summed E-state index contributed by atoms with van der Waals surface area (Å²) in [5.74, 6) is 1.17. The summed E-state index contributed by atoms with van der Waals surface area (Å²) in [5.41, 5.74) is 1.70. The van der Waals surface area contributed by atoms with E-state index in [1.807, 2.05) is 7.05 Å². The number of benzene rings is 1. The molecule has 3 heterocycles. The second-order valence-corrected chi connectivity index (χ2v) is 9.54. The second kappa shape index (κ2) is 7.52. The van der Waals surface area contributed by atoms with E-state index in [0.29, 0.717) is 34.8 Å². The Bertz CT molecular complexity index is 1060. The van der Waals surface area contributed by atoms with Gasteiger partial charge in [0.25, 0.3) is 0 Å². The zero-order valence-corrected chi connectivity index (χ0v) is 18.8. The van der Waals surface area contributed by atoms with Crippen molar-refractivity contribution in [3.63, 3.8) is 0 Å². The number of rotatable bonds is 4. The molecule has 0 unspecified atom stereocenters. The molecule has 10 nitrogen and oxygen atoms in total. The number of nitrogens with zero attached hydrogens (tertiary/aromatic N) is 8. The molecule has 10 heteroatoms. The number of aromatic nitrogens is 7. The van der Waals surface area contributed by atoms with Gasteiger partial charge in [-0.3, -0.25) is 0 Å². The number of phenolic OH excluding ortho intramolecular Hbond substituents is 1. The first-order valence-electron chi connectivity index (χ1n) is 10.4. The molecule has 0 aliphatic carbocycles. The molecule has 0 radical (unpaired) electrons. The van der Waals surface area contributed by atoms with Crippen LogP contribution in [-0.2, 0) is 0 Å². The number of piperidine rings is 1. The van der Waals surface area contributed by atoms with Gasteiger partial charge in [-0.25, -0.2) is 4.98 Å². The van der Waals surface area contributed by atoms with Gasteiger partial charge in [0.1, 0.15) is 11.4 Å². The van der Waals surface area contributed by atoms with Crippen molar-refractivity contribution in [1.82, 2.24) is 40.7 Å². The predicted octanol–water partition coefficient (Wildman–Crippen LogP) is 2.27. The first kappa shape index (κ1) is 21.1. The third kappa shape index (κ3) is 4.48. The number of phenols is 1. The van der Waals surface area contributed by atoms with Gasteiger partial charge in [0.05, 0.1) is 11.9 Å². The molecule has 1 aromatic carbocycles. The van der Waals surface area contributed by atoms with Crippen molar-refractivity contribution >= 4 is 5.95 Å². The van der Waals surface area contributed by atoms with Crippen molar-refractivity contribution in [1.29, 1.82) is 0 Å². The van der Waals surface area contributed by atoms with Crippen LogP contribution in [-0.4, -0.2) is 64.7 Å². The molecule has 1 saturated heterocycles. The van der Waals surface area contributed by atoms with Crippen molar-refractivity contribution in [3.05, 3.63) is 30.2 Å². The van der Waals surface area contributed by atoms with Crippen LogP contribution in [0.25, 0.3) is 16.9 Å². The van der Waals surface area contributed by atoms with Crippen LogP contribution in [0.4, 0.5) is 5.95 Å². The molecule has 3 aromatic rings. The molecule has 1 fully saturated rings. The van der Waals surface area contributed by atoms with E-state index < -0.39 is 0 Å². The van der Waals surface area contributed by atoms with Gasteiger partial charge in [0, 0.05) is 35.8 Å². The number of hydrogen-bond donors (Lipinski definition) is 2. The Labute approximate surface area is 181 Å². The minimum absolute atomic E-state index is 0.0269. The first-order valence-corrected chi connectivity index (χ1v) is 10.4. The molecule has 1 aliphatic rings. The van der Waals surface area contributed by atoms with Crippen molar-refractivity contribution in [2.24, 2.45) is 0 Å². The van der Waals surface area contributed by atoms with Gasteiger partial charge in [-0.05, 0) is 64.8 Å². The Hall–Kier alpha value is -3.14. The highest BCUT2D eigenvalue weighted by Crippen LogP contribution is 2.33. The molecular weight excluding hydrogens is 394 g/mol. The number of anilines is 1. The van der Waals surface area contributed by atoms with Gasteiger partial charge in [0.15, 0.2) is 5.82 Å². The molecule has 0 spiro atoms. The summed E-state index contributed by atoms with van der Waals surface area (Å²) in [6, 6.07) is 5.40. The highest BCUT2D eigenvalue weighted by atomic mass is 16.3. The summed E-state index contributed by atoms with van der Waals surface area (Å²) in [4.78, 5) is 8.00. The van der Waals surface area contributed by atoms with E-state index in [1.54, 1.807) is 31.3 Å². The van der Waals surface area contributed by atoms with Gasteiger partial charge in [-0.2, -0.15) is 0 Å². The fourth-order valence-corrected chi connectivity index (χ4v) is 4.51. The van der Waals surface area contributed by atoms with Gasteiger partial charge < -0.3 is 15.3 Å². The second-order valence-electron chi connectivity index (χ2n) is 9.54. The van der Waals surface area contributed by atoms with Crippen LogP contribution >= 0.6 is 0 Å². The van der Waals surface area contributed by atoms with Crippen LogP contribution in [0.1, 0.15) is 46.4 Å². The number of tetrazole rings is 1. The van der Waals surface area contributed by atoms with Crippen LogP contribution in [0.5, 0.6) is 5.75 Å². The van der Waals surface area contributed by atoms with E-state index in [1.165, 1.54) is 4.80 Å². The highest BCUT2D eigenvalue weighted by Gasteiger charge is 2.39. The molecule has 0 saturated carbocycles. The third-order valence-corrected chi connectivity index (χ3v) is 5.58. The quantitative estimate of drug-likeness (QED) is 0.651. The first-order chi connectivity index (χ1) is 14.5. The standard InChI is InChI=1S/C21H29N9O/c1-13-23-28-30(26-13)14-7-8-16(18(31)9-14)17-12-22-19(25-24-17)29(6)15-10-20(2,3)27-21(4,5)11-15/h7-9,12,15,27,31H,10-11H2,1-6H3. The molecule has 31 heavy (non-hydrogen) atoms.